The Morgan fingerprint density at radius 3 is 2.48 bits per heavy atom. The van der Waals surface area contributed by atoms with E-state index in [0.29, 0.717) is 5.82 Å². The maximum atomic E-state index is 6.23. The number of likely N-dealkylation sites (N-methyl/N-ethyl adjacent to an activating group) is 1. The molecule has 29 heavy (non-hydrogen) atoms. The fraction of sp³-hybridized carbons (Fsp3) is 0.227. The Morgan fingerprint density at radius 1 is 1.00 bits per heavy atom. The van der Waals surface area contributed by atoms with Gasteiger partial charge in [-0.1, -0.05) is 18.2 Å². The van der Waals surface area contributed by atoms with E-state index in [1.54, 1.807) is 0 Å². The molecule has 5 rings (SSSR count). The van der Waals surface area contributed by atoms with Crippen LogP contribution in [0, 0.1) is 0 Å². The van der Waals surface area contributed by atoms with Gasteiger partial charge in [-0.3, -0.25) is 0 Å². The summed E-state index contributed by atoms with van der Waals surface area (Å²) in [4.78, 5) is 11.0. The number of anilines is 1. The van der Waals surface area contributed by atoms with Crippen molar-refractivity contribution in [2.24, 2.45) is 0 Å². The molecular formula is C22H22N6O. The van der Waals surface area contributed by atoms with Crippen LogP contribution in [0.25, 0.3) is 22.3 Å². The highest BCUT2D eigenvalue weighted by Crippen LogP contribution is 2.34. The third-order valence-electron chi connectivity index (χ3n) is 5.34. The Labute approximate surface area is 168 Å². The molecule has 3 heterocycles. The molecule has 4 aromatic rings. The minimum absolute atomic E-state index is 0.284. The van der Waals surface area contributed by atoms with Gasteiger partial charge < -0.3 is 15.4 Å². The van der Waals surface area contributed by atoms with Crippen molar-refractivity contribution in [2.45, 2.75) is 12.5 Å². The van der Waals surface area contributed by atoms with Crippen molar-refractivity contribution in [3.8, 4) is 22.8 Å². The third-order valence-corrected chi connectivity index (χ3v) is 5.34. The molecule has 7 heteroatoms. The van der Waals surface area contributed by atoms with E-state index in [1.165, 1.54) is 6.33 Å². The first kappa shape index (κ1) is 17.6. The fourth-order valence-corrected chi connectivity index (χ4v) is 3.87. The van der Waals surface area contributed by atoms with Crippen LogP contribution in [0.5, 0.6) is 11.5 Å². The summed E-state index contributed by atoms with van der Waals surface area (Å²) in [7, 11) is 2.13. The number of benzene rings is 2. The van der Waals surface area contributed by atoms with Gasteiger partial charge in [-0.05, 0) is 49.9 Å². The van der Waals surface area contributed by atoms with Crippen molar-refractivity contribution in [2.75, 3.05) is 25.9 Å². The summed E-state index contributed by atoms with van der Waals surface area (Å²) in [6.07, 6.45) is 2.55. The predicted octanol–water partition coefficient (Wildman–Crippen LogP) is 3.74. The summed E-state index contributed by atoms with van der Waals surface area (Å²) in [5.41, 5.74) is 8.78. The van der Waals surface area contributed by atoms with Crippen LogP contribution in [0.1, 0.15) is 12.5 Å². The molecular weight excluding hydrogens is 364 g/mol. The normalized spacial score (nSPS) is 17.1. The average Bonchev–Trinajstić information content (AvgIpc) is 3.34. The number of hydrogen-bond acceptors (Lipinski definition) is 6. The summed E-state index contributed by atoms with van der Waals surface area (Å²) in [6.45, 7) is 2.00. The van der Waals surface area contributed by atoms with E-state index in [1.807, 2.05) is 59.3 Å². The lowest BCUT2D eigenvalue weighted by Gasteiger charge is -2.11. The maximum Gasteiger partial charge on any atom is 0.164 e. The first-order chi connectivity index (χ1) is 14.2. The highest BCUT2D eigenvalue weighted by Gasteiger charge is 2.26. The smallest absolute Gasteiger partial charge is 0.164 e. The van der Waals surface area contributed by atoms with Gasteiger partial charge in [0.15, 0.2) is 5.65 Å². The summed E-state index contributed by atoms with van der Waals surface area (Å²) in [5.74, 6) is 2.02. The van der Waals surface area contributed by atoms with Gasteiger partial charge in [0, 0.05) is 18.7 Å². The highest BCUT2D eigenvalue weighted by atomic mass is 16.5. The van der Waals surface area contributed by atoms with Crippen LogP contribution < -0.4 is 10.5 Å². The van der Waals surface area contributed by atoms with E-state index in [2.05, 4.69) is 21.9 Å². The molecule has 0 spiro atoms. The first-order valence-electron chi connectivity index (χ1n) is 9.69. The second kappa shape index (κ2) is 7.18. The zero-order valence-corrected chi connectivity index (χ0v) is 16.2. The zero-order valence-electron chi connectivity index (χ0n) is 16.2. The molecule has 0 amide bonds. The van der Waals surface area contributed by atoms with Gasteiger partial charge in [-0.25, -0.2) is 14.6 Å². The second-order valence-corrected chi connectivity index (χ2v) is 7.39. The lowest BCUT2D eigenvalue weighted by molar-refractivity contribution is 0.385. The van der Waals surface area contributed by atoms with Crippen LogP contribution in [-0.4, -0.2) is 44.8 Å². The number of nitrogens with two attached hydrogens (primary N) is 1. The van der Waals surface area contributed by atoms with Gasteiger partial charge in [-0.15, -0.1) is 0 Å². The van der Waals surface area contributed by atoms with Crippen molar-refractivity contribution in [3.05, 3.63) is 60.9 Å². The van der Waals surface area contributed by atoms with E-state index in [4.69, 9.17) is 15.6 Å². The van der Waals surface area contributed by atoms with Crippen LogP contribution >= 0.6 is 0 Å². The van der Waals surface area contributed by atoms with Gasteiger partial charge in [0.25, 0.3) is 0 Å². The van der Waals surface area contributed by atoms with Crippen molar-refractivity contribution < 1.29 is 4.74 Å². The summed E-state index contributed by atoms with van der Waals surface area (Å²) in [5, 5.41) is 5.72. The molecule has 0 aliphatic carbocycles. The Morgan fingerprint density at radius 2 is 1.76 bits per heavy atom. The van der Waals surface area contributed by atoms with E-state index < -0.39 is 0 Å². The van der Waals surface area contributed by atoms with E-state index in [9.17, 15) is 0 Å². The Kier molecular flexibility index (Phi) is 4.37. The van der Waals surface area contributed by atoms with E-state index >= 15 is 0 Å². The van der Waals surface area contributed by atoms with Crippen LogP contribution in [0.2, 0.25) is 0 Å². The number of hydrogen-bond donors (Lipinski definition) is 1. The lowest BCUT2D eigenvalue weighted by Crippen LogP contribution is -2.17. The number of fused-ring (bicyclic) bond motifs is 1. The molecule has 0 bridgehead atoms. The van der Waals surface area contributed by atoms with Crippen LogP contribution in [-0.2, 0) is 0 Å². The number of rotatable bonds is 4. The standard InChI is InChI=1S/C22H22N6O/c1-27-12-11-16(13-27)28-22-19(21(23)24-14-25-22)20(26-28)15-7-9-18(10-8-15)29-17-5-3-2-4-6-17/h2-10,14,16H,11-13H2,1H3,(H2,23,24,25). The monoisotopic (exact) mass is 386 g/mol. The maximum absolute atomic E-state index is 6.23. The highest BCUT2D eigenvalue weighted by molar-refractivity contribution is 5.98. The molecule has 0 saturated carbocycles. The largest absolute Gasteiger partial charge is 0.457 e. The number of para-hydroxylation sites is 1. The predicted molar refractivity (Wildman–Crippen MR) is 113 cm³/mol. The molecule has 1 fully saturated rings. The molecule has 146 valence electrons. The van der Waals surface area contributed by atoms with Crippen molar-refractivity contribution in [1.82, 2.24) is 24.6 Å². The second-order valence-electron chi connectivity index (χ2n) is 7.39. The van der Waals surface area contributed by atoms with Crippen molar-refractivity contribution in [3.63, 3.8) is 0 Å². The molecule has 1 atom stereocenters. The number of nitrogens with zero attached hydrogens (tertiary/aromatic N) is 5. The summed E-state index contributed by atoms with van der Waals surface area (Å²) < 4.78 is 7.91. The lowest BCUT2D eigenvalue weighted by atomic mass is 10.1. The van der Waals surface area contributed by atoms with E-state index in [0.717, 1.165) is 53.3 Å². The quantitative estimate of drug-likeness (QED) is 0.575. The van der Waals surface area contributed by atoms with Gasteiger partial charge in [-0.2, -0.15) is 5.10 Å². The number of likely N-dealkylation sites (tertiary alicyclic amines) is 1. The SMILES string of the molecule is CN1CCC(n2nc(-c3ccc(Oc4ccccc4)cc3)c3c(N)ncnc32)C1. The fourth-order valence-electron chi connectivity index (χ4n) is 3.87. The Hall–Kier alpha value is -3.45. The van der Waals surface area contributed by atoms with E-state index in [-0.39, 0.29) is 6.04 Å². The van der Waals surface area contributed by atoms with Crippen LogP contribution in [0.15, 0.2) is 60.9 Å². The zero-order chi connectivity index (χ0) is 19.8. The van der Waals surface area contributed by atoms with Gasteiger partial charge >= 0.3 is 0 Å². The molecule has 1 aliphatic rings. The minimum Gasteiger partial charge on any atom is -0.457 e. The summed E-state index contributed by atoms with van der Waals surface area (Å²) >= 11 is 0. The molecule has 2 aromatic carbocycles. The Balaban J connectivity index is 1.53. The van der Waals surface area contributed by atoms with Crippen LogP contribution in [0.3, 0.4) is 0 Å². The van der Waals surface area contributed by atoms with Gasteiger partial charge in [0.1, 0.15) is 29.3 Å². The number of nitrogen functional groups attached to an aromatic ring is 1. The molecule has 1 aliphatic heterocycles. The topological polar surface area (TPSA) is 82.1 Å². The first-order valence-corrected chi connectivity index (χ1v) is 9.69. The Bertz CT molecular complexity index is 1140. The number of aromatic nitrogens is 4. The van der Waals surface area contributed by atoms with Crippen molar-refractivity contribution in [1.29, 1.82) is 0 Å². The molecule has 1 saturated heterocycles. The van der Waals surface area contributed by atoms with Crippen molar-refractivity contribution >= 4 is 16.9 Å². The van der Waals surface area contributed by atoms with Gasteiger partial charge in [0.05, 0.1) is 11.4 Å². The van der Waals surface area contributed by atoms with Gasteiger partial charge in [0.2, 0.25) is 0 Å². The molecule has 2 N–H and O–H groups in total. The average molecular weight is 386 g/mol. The minimum atomic E-state index is 0.284. The molecule has 0 radical (unpaired) electrons. The van der Waals surface area contributed by atoms with Crippen LogP contribution in [0.4, 0.5) is 5.82 Å². The third kappa shape index (κ3) is 3.30. The summed E-state index contributed by atoms with van der Waals surface area (Å²) in [6, 6.07) is 17.9. The molecule has 2 aromatic heterocycles. The number of ether oxygens (including phenoxy) is 1. The molecule has 7 nitrogen and oxygen atoms in total. The molecule has 1 unspecified atom stereocenters.